The molecule has 1 saturated heterocycles. The molecule has 0 radical (unpaired) electrons. The van der Waals surface area contributed by atoms with Gasteiger partial charge >= 0.3 is 6.18 Å². The van der Waals surface area contributed by atoms with E-state index in [9.17, 15) is 32.8 Å². The van der Waals surface area contributed by atoms with Gasteiger partial charge in [-0.25, -0.2) is 0 Å². The Bertz CT molecular complexity index is 892. The summed E-state index contributed by atoms with van der Waals surface area (Å²) in [5.41, 5.74) is 4.44. The number of aromatic nitrogens is 2. The number of hydrogen-bond acceptors (Lipinski definition) is 5. The fourth-order valence-electron chi connectivity index (χ4n) is 3.54. The van der Waals surface area contributed by atoms with Gasteiger partial charge in [-0.1, -0.05) is 0 Å². The number of rotatable bonds is 6. The van der Waals surface area contributed by atoms with Crippen LogP contribution in [0, 0.1) is 17.2 Å². The van der Waals surface area contributed by atoms with Crippen LogP contribution in [0.3, 0.4) is 0 Å². The average molecular weight is 426 g/mol. The summed E-state index contributed by atoms with van der Waals surface area (Å²) in [5, 5.41) is 16.2. The lowest BCUT2D eigenvalue weighted by molar-refractivity contribution is -0.162. The van der Waals surface area contributed by atoms with Gasteiger partial charge in [-0.3, -0.25) is 19.1 Å². The molecule has 30 heavy (non-hydrogen) atoms. The molecular formula is C18H21F3N6O3. The number of primary amides is 1. The van der Waals surface area contributed by atoms with E-state index in [0.717, 1.165) is 17.7 Å². The second-order valence-electron chi connectivity index (χ2n) is 7.70. The topological polar surface area (TPSA) is 134 Å². The van der Waals surface area contributed by atoms with Crippen LogP contribution in [0.15, 0.2) is 6.20 Å². The highest BCUT2D eigenvalue weighted by atomic mass is 19.4. The van der Waals surface area contributed by atoms with E-state index in [1.807, 2.05) is 6.07 Å². The molecule has 1 aromatic rings. The number of carbonyl (C=O) groups excluding carboxylic acids is 3. The molecule has 1 saturated carbocycles. The summed E-state index contributed by atoms with van der Waals surface area (Å²) in [6, 6.07) is 2.04. The fraction of sp³-hybridized carbons (Fsp3) is 0.611. The molecule has 2 fully saturated rings. The predicted molar refractivity (Wildman–Crippen MR) is 96.8 cm³/mol. The highest BCUT2D eigenvalue weighted by Gasteiger charge is 2.41. The standard InChI is InChI=1S/C18H21F3N6O3/c19-18(20,21)9-13(28)26-7-4-17(3-6-22,5-8-26)27-10-12(14(23)29)15(25-27)24-16(30)11-1-2-11/h10-11H,1-5,7-9H2,(H2,23,29)(H,24,25,30). The fourth-order valence-corrected chi connectivity index (χ4v) is 3.54. The number of piperidine rings is 1. The number of likely N-dealkylation sites (tertiary alicyclic amines) is 1. The predicted octanol–water partition coefficient (Wildman–Crippen LogP) is 1.51. The maximum atomic E-state index is 12.5. The summed E-state index contributed by atoms with van der Waals surface area (Å²) in [4.78, 5) is 36.9. The van der Waals surface area contributed by atoms with E-state index in [-0.39, 0.29) is 55.6 Å². The molecule has 162 valence electrons. The Morgan fingerprint density at radius 3 is 2.43 bits per heavy atom. The van der Waals surface area contributed by atoms with Gasteiger partial charge in [0.1, 0.15) is 12.0 Å². The monoisotopic (exact) mass is 426 g/mol. The Hall–Kier alpha value is -3.10. The molecule has 3 rings (SSSR count). The van der Waals surface area contributed by atoms with Gasteiger partial charge in [-0.15, -0.1) is 0 Å². The third-order valence-corrected chi connectivity index (χ3v) is 5.46. The van der Waals surface area contributed by atoms with Crippen LogP contribution in [-0.4, -0.2) is 51.7 Å². The number of carbonyl (C=O) groups is 3. The third kappa shape index (κ3) is 4.72. The molecule has 12 heteroatoms. The lowest BCUT2D eigenvalue weighted by Gasteiger charge is -2.40. The van der Waals surface area contributed by atoms with Gasteiger partial charge in [0.25, 0.3) is 5.91 Å². The summed E-state index contributed by atoms with van der Waals surface area (Å²) < 4.78 is 38.9. The highest BCUT2D eigenvalue weighted by molar-refractivity contribution is 6.02. The van der Waals surface area contributed by atoms with Crippen molar-refractivity contribution in [3.05, 3.63) is 11.8 Å². The maximum absolute atomic E-state index is 12.5. The van der Waals surface area contributed by atoms with Crippen molar-refractivity contribution in [3.8, 4) is 6.07 Å². The molecule has 0 atom stereocenters. The Balaban J connectivity index is 1.81. The number of nitrogens with one attached hydrogen (secondary N) is 1. The number of halogens is 3. The van der Waals surface area contributed by atoms with Gasteiger partial charge in [0.2, 0.25) is 11.8 Å². The SMILES string of the molecule is N#CCC1(n2cc(C(N)=O)c(NC(=O)C3CC3)n2)CCN(C(=O)CC(F)(F)F)CC1. The van der Waals surface area contributed by atoms with Gasteiger partial charge in [-0.2, -0.15) is 23.5 Å². The van der Waals surface area contributed by atoms with Gasteiger partial charge in [0, 0.05) is 25.2 Å². The number of amides is 3. The zero-order chi connectivity index (χ0) is 22.1. The normalized spacial score (nSPS) is 18.5. The number of nitriles is 1. The minimum atomic E-state index is -4.59. The molecule has 1 aliphatic carbocycles. The summed E-state index contributed by atoms with van der Waals surface area (Å²) in [7, 11) is 0. The number of nitrogens with zero attached hydrogens (tertiary/aromatic N) is 4. The summed E-state index contributed by atoms with van der Waals surface area (Å²) >= 11 is 0. The molecule has 0 spiro atoms. The first-order valence-corrected chi connectivity index (χ1v) is 9.47. The summed E-state index contributed by atoms with van der Waals surface area (Å²) in [5.74, 6) is -2.25. The molecule has 0 bridgehead atoms. The first-order chi connectivity index (χ1) is 14.0. The molecule has 0 unspecified atom stereocenters. The minimum Gasteiger partial charge on any atom is -0.365 e. The first kappa shape index (κ1) is 21.6. The van der Waals surface area contributed by atoms with Crippen molar-refractivity contribution >= 4 is 23.5 Å². The van der Waals surface area contributed by atoms with Crippen molar-refractivity contribution in [2.45, 2.75) is 50.2 Å². The van der Waals surface area contributed by atoms with E-state index in [2.05, 4.69) is 10.4 Å². The number of nitrogens with two attached hydrogens (primary N) is 1. The summed E-state index contributed by atoms with van der Waals surface area (Å²) in [6.07, 6.45) is -2.99. The van der Waals surface area contributed by atoms with Crippen molar-refractivity contribution in [1.82, 2.24) is 14.7 Å². The molecule has 1 aliphatic heterocycles. The molecule has 3 N–H and O–H groups in total. The zero-order valence-corrected chi connectivity index (χ0v) is 16.0. The molecule has 9 nitrogen and oxygen atoms in total. The van der Waals surface area contributed by atoms with Crippen molar-refractivity contribution in [3.63, 3.8) is 0 Å². The Kier molecular flexibility index (Phi) is 5.74. The van der Waals surface area contributed by atoms with Crippen LogP contribution < -0.4 is 11.1 Å². The molecule has 1 aromatic heterocycles. The van der Waals surface area contributed by atoms with E-state index >= 15 is 0 Å². The second-order valence-corrected chi connectivity index (χ2v) is 7.70. The lowest BCUT2D eigenvalue weighted by atomic mass is 9.84. The Labute approximate surface area is 170 Å². The van der Waals surface area contributed by atoms with Gasteiger partial charge in [-0.05, 0) is 25.7 Å². The summed E-state index contributed by atoms with van der Waals surface area (Å²) in [6.45, 7) is 0.0122. The van der Waals surface area contributed by atoms with Gasteiger partial charge in [0.05, 0.1) is 18.0 Å². The first-order valence-electron chi connectivity index (χ1n) is 9.47. The molecular weight excluding hydrogens is 405 g/mol. The average Bonchev–Trinajstić information content (AvgIpc) is 3.41. The minimum absolute atomic E-state index is 0.00608. The quantitative estimate of drug-likeness (QED) is 0.711. The molecule has 3 amide bonds. The molecule has 2 aliphatic rings. The van der Waals surface area contributed by atoms with E-state index in [4.69, 9.17) is 5.73 Å². The second kappa shape index (κ2) is 7.97. The third-order valence-electron chi connectivity index (χ3n) is 5.46. The van der Waals surface area contributed by atoms with E-state index in [0.29, 0.717) is 0 Å². The van der Waals surface area contributed by atoms with Crippen LogP contribution in [0.5, 0.6) is 0 Å². The van der Waals surface area contributed by atoms with Crippen molar-refractivity contribution < 1.29 is 27.6 Å². The molecule has 2 heterocycles. The highest BCUT2D eigenvalue weighted by Crippen LogP contribution is 2.36. The molecule has 0 aromatic carbocycles. The zero-order valence-electron chi connectivity index (χ0n) is 16.0. The van der Waals surface area contributed by atoms with Crippen LogP contribution in [0.1, 0.15) is 48.9 Å². The van der Waals surface area contributed by atoms with Gasteiger partial charge < -0.3 is 16.0 Å². The Morgan fingerprint density at radius 1 is 1.30 bits per heavy atom. The maximum Gasteiger partial charge on any atom is 0.397 e. The number of alkyl halides is 3. The number of anilines is 1. The lowest BCUT2D eigenvalue weighted by Crippen LogP contribution is -2.49. The van der Waals surface area contributed by atoms with E-state index < -0.39 is 30.0 Å². The van der Waals surface area contributed by atoms with Crippen LogP contribution in [0.2, 0.25) is 0 Å². The van der Waals surface area contributed by atoms with Crippen molar-refractivity contribution in [2.24, 2.45) is 11.7 Å². The van der Waals surface area contributed by atoms with Gasteiger partial charge in [0.15, 0.2) is 5.82 Å². The Morgan fingerprint density at radius 2 is 1.93 bits per heavy atom. The van der Waals surface area contributed by atoms with Crippen LogP contribution in [-0.2, 0) is 15.1 Å². The van der Waals surface area contributed by atoms with E-state index in [1.54, 1.807) is 0 Å². The van der Waals surface area contributed by atoms with Crippen molar-refractivity contribution in [2.75, 3.05) is 18.4 Å². The number of hydrogen-bond donors (Lipinski definition) is 2. The van der Waals surface area contributed by atoms with Crippen LogP contribution >= 0.6 is 0 Å². The van der Waals surface area contributed by atoms with Crippen LogP contribution in [0.25, 0.3) is 0 Å². The van der Waals surface area contributed by atoms with E-state index in [1.165, 1.54) is 10.9 Å². The van der Waals surface area contributed by atoms with Crippen LogP contribution in [0.4, 0.5) is 19.0 Å². The smallest absolute Gasteiger partial charge is 0.365 e. The van der Waals surface area contributed by atoms with Crippen molar-refractivity contribution in [1.29, 1.82) is 5.26 Å². The largest absolute Gasteiger partial charge is 0.397 e.